The minimum atomic E-state index is -1.35. The second-order valence-electron chi connectivity index (χ2n) is 9.68. The van der Waals surface area contributed by atoms with E-state index in [1.54, 1.807) is 36.2 Å². The third-order valence-electron chi connectivity index (χ3n) is 7.41. The van der Waals surface area contributed by atoms with Gasteiger partial charge in [0.2, 0.25) is 5.91 Å². The third kappa shape index (κ3) is 4.85. The van der Waals surface area contributed by atoms with Crippen LogP contribution in [0.3, 0.4) is 0 Å². The van der Waals surface area contributed by atoms with Crippen LogP contribution in [-0.2, 0) is 16.1 Å². The molecule has 1 N–H and O–H groups in total. The summed E-state index contributed by atoms with van der Waals surface area (Å²) in [5, 5.41) is 13.0. The summed E-state index contributed by atoms with van der Waals surface area (Å²) in [5.74, 6) is -1.17. The summed E-state index contributed by atoms with van der Waals surface area (Å²) in [6.45, 7) is 0.844. The molecule has 2 aliphatic rings. The molecule has 2 fully saturated rings. The fraction of sp³-hybridized carbons (Fsp3) is 0.241. The SMILES string of the molecule is CN1C(=O)N(c2cc(Cl)cc(Cl)c2)C(=O)[C@]12CN(C(=O)CNCc1ccccc1)C[C@H]2c1ccc(C#N)cc1. The van der Waals surface area contributed by atoms with Gasteiger partial charge in [0.05, 0.1) is 30.4 Å². The Labute approximate surface area is 236 Å². The summed E-state index contributed by atoms with van der Waals surface area (Å²) in [4.78, 5) is 45.2. The number of hydrogen-bond acceptors (Lipinski definition) is 5. The van der Waals surface area contributed by atoms with Gasteiger partial charge in [-0.2, -0.15) is 5.26 Å². The van der Waals surface area contributed by atoms with Gasteiger partial charge >= 0.3 is 6.03 Å². The normalized spacial score (nSPS) is 20.7. The molecule has 0 aromatic heterocycles. The van der Waals surface area contributed by atoms with Gasteiger partial charge in [-0.05, 0) is 41.5 Å². The summed E-state index contributed by atoms with van der Waals surface area (Å²) in [6.07, 6.45) is 0. The van der Waals surface area contributed by atoms with Crippen molar-refractivity contribution in [3.8, 4) is 6.07 Å². The summed E-state index contributed by atoms with van der Waals surface area (Å²) in [5.41, 5.74) is 1.18. The van der Waals surface area contributed by atoms with Crippen molar-refractivity contribution < 1.29 is 14.4 Å². The molecule has 2 aliphatic heterocycles. The van der Waals surface area contributed by atoms with Crippen molar-refractivity contribution in [1.82, 2.24) is 15.1 Å². The molecule has 0 saturated carbocycles. The van der Waals surface area contributed by atoms with E-state index in [0.717, 1.165) is 16.0 Å². The molecule has 10 heteroatoms. The van der Waals surface area contributed by atoms with Gasteiger partial charge in [-0.15, -0.1) is 0 Å². The van der Waals surface area contributed by atoms with E-state index >= 15 is 0 Å². The van der Waals surface area contributed by atoms with Gasteiger partial charge < -0.3 is 15.1 Å². The maximum atomic E-state index is 14.2. The highest BCUT2D eigenvalue weighted by molar-refractivity contribution is 6.35. The first-order valence-corrected chi connectivity index (χ1v) is 13.1. The number of nitriles is 1. The van der Waals surface area contributed by atoms with Crippen molar-refractivity contribution in [2.75, 3.05) is 31.6 Å². The number of carbonyl (C=O) groups excluding carboxylic acids is 3. The van der Waals surface area contributed by atoms with E-state index in [-0.39, 0.29) is 41.3 Å². The van der Waals surface area contributed by atoms with E-state index in [2.05, 4.69) is 11.4 Å². The number of anilines is 1. The average molecular weight is 562 g/mol. The highest BCUT2D eigenvalue weighted by Crippen LogP contribution is 2.46. The number of halogens is 2. The first kappa shape index (κ1) is 26.7. The Morgan fingerprint density at radius 3 is 2.36 bits per heavy atom. The number of carbonyl (C=O) groups is 3. The molecular weight excluding hydrogens is 537 g/mol. The summed E-state index contributed by atoms with van der Waals surface area (Å²) >= 11 is 12.4. The van der Waals surface area contributed by atoms with Gasteiger partial charge in [0, 0.05) is 36.1 Å². The molecule has 2 heterocycles. The van der Waals surface area contributed by atoms with Crippen molar-refractivity contribution in [2.45, 2.75) is 18.0 Å². The number of hydrogen-bond donors (Lipinski definition) is 1. The van der Waals surface area contributed by atoms with Crippen LogP contribution in [0.4, 0.5) is 10.5 Å². The fourth-order valence-electron chi connectivity index (χ4n) is 5.42. The largest absolute Gasteiger partial charge is 0.338 e. The quantitative estimate of drug-likeness (QED) is 0.449. The maximum Gasteiger partial charge on any atom is 0.332 e. The van der Waals surface area contributed by atoms with E-state index < -0.39 is 23.4 Å². The van der Waals surface area contributed by atoms with Crippen LogP contribution < -0.4 is 10.2 Å². The lowest BCUT2D eigenvalue weighted by molar-refractivity contribution is -0.130. The standard InChI is InChI=1S/C29H25Cl2N5O3/c1-34-28(39)36(24-12-22(30)11-23(31)13-24)27(38)29(34)18-35(17-25(29)21-9-7-19(14-32)8-10-21)26(37)16-33-15-20-5-3-2-4-6-20/h2-13,25,33H,15-18H2,1H3/t25-,29+/m0/s1. The van der Waals surface area contributed by atoms with Gasteiger partial charge in [-0.25, -0.2) is 9.69 Å². The second-order valence-corrected chi connectivity index (χ2v) is 10.6. The lowest BCUT2D eigenvalue weighted by Crippen LogP contribution is -2.54. The van der Waals surface area contributed by atoms with Gasteiger partial charge in [0.1, 0.15) is 5.54 Å². The third-order valence-corrected chi connectivity index (χ3v) is 7.85. The monoisotopic (exact) mass is 561 g/mol. The Balaban J connectivity index is 1.47. The average Bonchev–Trinajstić information content (AvgIpc) is 3.42. The van der Waals surface area contributed by atoms with Crippen LogP contribution in [-0.4, -0.2) is 59.9 Å². The van der Waals surface area contributed by atoms with Crippen LogP contribution in [0.25, 0.3) is 0 Å². The number of likely N-dealkylation sites (tertiary alicyclic amines) is 1. The maximum absolute atomic E-state index is 14.2. The van der Waals surface area contributed by atoms with Gasteiger partial charge in [0.25, 0.3) is 5.91 Å². The van der Waals surface area contributed by atoms with E-state index in [1.165, 1.54) is 23.1 Å². The number of amides is 4. The van der Waals surface area contributed by atoms with Crippen molar-refractivity contribution in [3.05, 3.63) is 99.5 Å². The van der Waals surface area contributed by atoms with Crippen LogP contribution in [0.5, 0.6) is 0 Å². The lowest BCUT2D eigenvalue weighted by atomic mass is 9.80. The molecule has 3 aromatic carbocycles. The van der Waals surface area contributed by atoms with E-state index in [9.17, 15) is 19.6 Å². The minimum absolute atomic E-state index is 0.0232. The van der Waals surface area contributed by atoms with E-state index in [0.29, 0.717) is 12.1 Å². The van der Waals surface area contributed by atoms with Gasteiger partial charge in [-0.1, -0.05) is 65.7 Å². The van der Waals surface area contributed by atoms with Crippen molar-refractivity contribution in [3.63, 3.8) is 0 Å². The van der Waals surface area contributed by atoms with Gasteiger partial charge in [0.15, 0.2) is 0 Å². The van der Waals surface area contributed by atoms with Crippen molar-refractivity contribution >= 4 is 46.7 Å². The minimum Gasteiger partial charge on any atom is -0.338 e. The second kappa shape index (κ2) is 10.7. The summed E-state index contributed by atoms with van der Waals surface area (Å²) in [6, 6.07) is 22.7. The Morgan fingerprint density at radius 2 is 1.72 bits per heavy atom. The van der Waals surface area contributed by atoms with E-state index in [4.69, 9.17) is 23.2 Å². The molecule has 198 valence electrons. The van der Waals surface area contributed by atoms with E-state index in [1.807, 2.05) is 30.3 Å². The molecular formula is C29H25Cl2N5O3. The number of nitrogens with zero attached hydrogens (tertiary/aromatic N) is 4. The number of urea groups is 1. The predicted molar refractivity (Wildman–Crippen MR) is 148 cm³/mol. The van der Waals surface area contributed by atoms with Crippen LogP contribution in [0.1, 0.15) is 22.6 Å². The van der Waals surface area contributed by atoms with Crippen molar-refractivity contribution in [2.24, 2.45) is 0 Å². The summed E-state index contributed by atoms with van der Waals surface area (Å²) in [7, 11) is 1.57. The molecule has 4 amide bonds. The van der Waals surface area contributed by atoms with Crippen LogP contribution in [0, 0.1) is 11.3 Å². The Kier molecular flexibility index (Phi) is 7.32. The molecule has 5 rings (SSSR count). The number of benzene rings is 3. The Morgan fingerprint density at radius 1 is 1.05 bits per heavy atom. The predicted octanol–water partition coefficient (Wildman–Crippen LogP) is 4.42. The molecule has 2 atom stereocenters. The van der Waals surface area contributed by atoms with Crippen LogP contribution in [0.2, 0.25) is 10.0 Å². The molecule has 0 radical (unpaired) electrons. The smallest absolute Gasteiger partial charge is 0.332 e. The van der Waals surface area contributed by atoms with Crippen molar-refractivity contribution in [1.29, 1.82) is 5.26 Å². The zero-order valence-electron chi connectivity index (χ0n) is 21.1. The topological polar surface area (TPSA) is 96.8 Å². The molecule has 1 spiro atoms. The molecule has 8 nitrogen and oxygen atoms in total. The fourth-order valence-corrected chi connectivity index (χ4v) is 5.93. The molecule has 39 heavy (non-hydrogen) atoms. The molecule has 0 aliphatic carbocycles. The molecule has 3 aromatic rings. The molecule has 0 bridgehead atoms. The Hall–Kier alpha value is -3.90. The highest BCUT2D eigenvalue weighted by atomic mass is 35.5. The molecule has 0 unspecified atom stereocenters. The number of rotatable bonds is 6. The highest BCUT2D eigenvalue weighted by Gasteiger charge is 2.64. The number of likely N-dealkylation sites (N-methyl/N-ethyl adjacent to an activating group) is 1. The van der Waals surface area contributed by atoms with Gasteiger partial charge in [-0.3, -0.25) is 9.59 Å². The zero-order chi connectivity index (χ0) is 27.7. The first-order valence-electron chi connectivity index (χ1n) is 12.4. The Bertz CT molecular complexity index is 1450. The van der Waals surface area contributed by atoms with Crippen LogP contribution in [0.15, 0.2) is 72.8 Å². The first-order chi connectivity index (χ1) is 18.7. The molecule has 2 saturated heterocycles. The number of imide groups is 1. The summed E-state index contributed by atoms with van der Waals surface area (Å²) < 4.78 is 0. The van der Waals surface area contributed by atoms with Crippen LogP contribution >= 0.6 is 23.2 Å². The zero-order valence-corrected chi connectivity index (χ0v) is 22.6. The number of nitrogens with one attached hydrogen (secondary N) is 1. The lowest BCUT2D eigenvalue weighted by Gasteiger charge is -2.33.